The molecule has 1 spiro atoms. The van der Waals surface area contributed by atoms with E-state index >= 15 is 0 Å². The van der Waals surface area contributed by atoms with Crippen LogP contribution in [0.2, 0.25) is 0 Å². The number of nitrogens with zero attached hydrogens (tertiary/aromatic N) is 4. The van der Waals surface area contributed by atoms with Gasteiger partial charge in [-0.05, 0) is 300 Å². The van der Waals surface area contributed by atoms with Crippen LogP contribution in [0, 0.1) is 79.1 Å². The zero-order valence-electron chi connectivity index (χ0n) is 94.8. The third kappa shape index (κ3) is 16.1. The summed E-state index contributed by atoms with van der Waals surface area (Å²) in [6, 6.07) is 82.4. The zero-order chi connectivity index (χ0) is 106. The second-order valence-corrected chi connectivity index (χ2v) is 49.4. The molecule has 762 valence electrons. The molecule has 8 heteroatoms. The molecule has 0 atom stereocenters. The Morgan fingerprint density at radius 1 is 0.247 bits per heavy atom. The molecule has 25 rings (SSSR count). The van der Waals surface area contributed by atoms with Crippen LogP contribution >= 0.6 is 0 Å². The lowest BCUT2D eigenvalue weighted by atomic mass is 9.67. The number of furan rings is 4. The highest BCUT2D eigenvalue weighted by molar-refractivity contribution is 6.17. The first-order valence-electron chi connectivity index (χ1n) is 56.0. The summed E-state index contributed by atoms with van der Waals surface area (Å²) < 4.78 is 36.9. The molecule has 5 aliphatic rings. The number of fused-ring (bicyclic) bond motifs is 28. The third-order valence-corrected chi connectivity index (χ3v) is 35.3. The number of hydrogen-bond donors (Lipinski definition) is 0. The molecule has 0 amide bonds. The minimum absolute atomic E-state index is 0.0204. The molecule has 5 aliphatic carbocycles. The van der Waals surface area contributed by atoms with Gasteiger partial charge in [-0.2, -0.15) is 0 Å². The highest BCUT2D eigenvalue weighted by Crippen LogP contribution is 2.64. The van der Waals surface area contributed by atoms with Crippen molar-refractivity contribution in [2.24, 2.45) is 51.9 Å². The zero-order valence-corrected chi connectivity index (χ0v) is 94.8. The molecule has 20 aromatic rings. The predicted molar refractivity (Wildman–Crippen MR) is 628 cm³/mol. The molecule has 0 radical (unpaired) electrons. The van der Waals surface area contributed by atoms with E-state index < -0.39 is 0 Å². The fraction of sp³-hybridized carbons (Fsp3) is 0.352. The maximum Gasteiger partial charge on any atom is 0.216 e. The molecular formula is C142H154N4O4+4. The van der Waals surface area contributed by atoms with E-state index in [1.54, 1.807) is 0 Å². The number of rotatable bonds is 16. The van der Waals surface area contributed by atoms with Crippen LogP contribution in [-0.2, 0) is 49.9 Å². The van der Waals surface area contributed by atoms with Crippen LogP contribution in [0.4, 0.5) is 0 Å². The van der Waals surface area contributed by atoms with Gasteiger partial charge >= 0.3 is 0 Å². The highest BCUT2D eigenvalue weighted by Gasteiger charge is 2.51. The fourth-order valence-electron chi connectivity index (χ4n) is 29.0. The average Bonchev–Trinajstić information content (AvgIpc) is 1.89. The van der Waals surface area contributed by atoms with Gasteiger partial charge < -0.3 is 17.7 Å². The van der Waals surface area contributed by atoms with Crippen molar-refractivity contribution in [2.75, 3.05) is 0 Å². The van der Waals surface area contributed by atoms with Crippen molar-refractivity contribution in [3.63, 3.8) is 0 Å². The van der Waals surface area contributed by atoms with Crippen LogP contribution in [0.15, 0.2) is 261 Å². The molecule has 0 unspecified atom stereocenters. The summed E-state index contributed by atoms with van der Waals surface area (Å²) in [6.07, 6.45) is 18.7. The average molecular weight is 1980 g/mol. The Balaban J connectivity index is 0.000000113. The van der Waals surface area contributed by atoms with E-state index in [0.717, 1.165) is 70.3 Å². The van der Waals surface area contributed by atoms with Crippen LogP contribution in [0.1, 0.15) is 311 Å². The Hall–Kier alpha value is -13.6. The quantitative estimate of drug-likeness (QED) is 0.0904. The Labute approximate surface area is 890 Å². The summed E-state index contributed by atoms with van der Waals surface area (Å²) in [5.41, 5.74) is 56.1. The maximum absolute atomic E-state index is 7.17. The predicted octanol–water partition coefficient (Wildman–Crippen LogP) is 37.1. The second-order valence-electron chi connectivity index (χ2n) is 49.4. The van der Waals surface area contributed by atoms with Gasteiger partial charge in [-0.1, -0.05) is 295 Å². The summed E-state index contributed by atoms with van der Waals surface area (Å²) in [5.74, 6) is 4.31. The van der Waals surface area contributed by atoms with E-state index in [0.29, 0.717) is 47.3 Å². The van der Waals surface area contributed by atoms with E-state index in [4.69, 9.17) is 17.7 Å². The Morgan fingerprint density at radius 3 is 0.900 bits per heavy atom. The molecule has 1 saturated carbocycles. The lowest BCUT2D eigenvalue weighted by Gasteiger charge is -2.35. The van der Waals surface area contributed by atoms with Crippen molar-refractivity contribution in [1.82, 2.24) is 0 Å². The van der Waals surface area contributed by atoms with Crippen LogP contribution in [-0.4, -0.2) is 0 Å². The van der Waals surface area contributed by atoms with Gasteiger partial charge in [0.25, 0.3) is 0 Å². The molecule has 0 aliphatic heterocycles. The Morgan fingerprint density at radius 2 is 0.527 bits per heavy atom. The number of aryl methyl sites for hydroxylation is 12. The van der Waals surface area contributed by atoms with Crippen molar-refractivity contribution in [3.8, 4) is 89.5 Å². The summed E-state index contributed by atoms with van der Waals surface area (Å²) in [5, 5.41) is 9.76. The monoisotopic (exact) mass is 1980 g/mol. The number of aromatic nitrogens is 4. The highest BCUT2D eigenvalue weighted by atomic mass is 16.3. The van der Waals surface area contributed by atoms with Gasteiger partial charge in [0.1, 0.15) is 72.9 Å². The molecule has 8 aromatic heterocycles. The molecular weight excluding hydrogens is 1830 g/mol. The molecule has 0 saturated heterocycles. The smallest absolute Gasteiger partial charge is 0.216 e. The minimum atomic E-state index is -0.0585. The number of hydrogen-bond acceptors (Lipinski definition) is 4. The number of pyridine rings is 4. The van der Waals surface area contributed by atoms with Gasteiger partial charge in [0.15, 0.2) is 24.8 Å². The van der Waals surface area contributed by atoms with E-state index in [2.05, 4.69) is 470 Å². The molecule has 8 heterocycles. The van der Waals surface area contributed by atoms with E-state index in [1.165, 1.54) is 270 Å². The molecule has 12 aromatic carbocycles. The van der Waals surface area contributed by atoms with Gasteiger partial charge in [-0.3, -0.25) is 0 Å². The van der Waals surface area contributed by atoms with Crippen molar-refractivity contribution in [2.45, 2.75) is 277 Å². The first-order valence-corrected chi connectivity index (χ1v) is 56.0. The van der Waals surface area contributed by atoms with E-state index in [-0.39, 0.29) is 21.7 Å². The summed E-state index contributed by atoms with van der Waals surface area (Å²) in [4.78, 5) is 0. The van der Waals surface area contributed by atoms with Gasteiger partial charge in [0.05, 0.1) is 22.3 Å². The standard InChI is InChI=1S/2C38H44NO.C34H34NO.C32H32NO/c1-22(2)19-38(20-23(3)4)32-13-11-10-12-27(32)29-18-35-30(17-33(29)38)28-15-14-25(7)36(37(28)40-35)34-16-26(8)31(24(5)6)21-39(34)9;1-22(2)19-38(20-23(3)4)32-13-11-10-12-27(32)28-16-17-30-29-15-14-25(7)34(36(29)40-37(30)35(28)38)33-18-26(8)31(24(5)6)21-39(33)9;1-20(2)27-19-35(5)29(18-22(27)4)30-21(3)12-13-25-26-15-14-24-23-10-6-7-11-28(23)34(16-8-9-17-34)31(24)33(26)36-32(25)30;1-18(2)25-17-33(7)28(14-20(25)4)30-19(3)12-13-22-24-15-27-23(16-29(24)34-31(22)30)21-10-8-9-11-26(21)32(27,5)6/h2*10-18,21-24H,19-20H2,1-9H3;6-7,10-15,18-20H,8-9,16-17H2,1-5H3;8-18H,1-7H3/q4*+1. The topological polar surface area (TPSA) is 68.1 Å². The van der Waals surface area contributed by atoms with Crippen LogP contribution in [0.5, 0.6) is 0 Å². The van der Waals surface area contributed by atoms with Crippen molar-refractivity contribution >= 4 is 87.8 Å². The second kappa shape index (κ2) is 37.8. The van der Waals surface area contributed by atoms with Crippen molar-refractivity contribution in [1.29, 1.82) is 0 Å². The molecule has 0 bridgehead atoms. The normalized spacial score (nSPS) is 14.6. The van der Waals surface area contributed by atoms with E-state index in [9.17, 15) is 0 Å². The first-order chi connectivity index (χ1) is 71.6. The van der Waals surface area contributed by atoms with E-state index in [1.807, 2.05) is 0 Å². The molecule has 1 fully saturated rings. The Bertz CT molecular complexity index is 8870. The van der Waals surface area contributed by atoms with Crippen molar-refractivity contribution < 1.29 is 35.9 Å². The summed E-state index contributed by atoms with van der Waals surface area (Å²) in [7, 11) is 8.66. The van der Waals surface area contributed by atoms with Gasteiger partial charge in [0, 0.05) is 122 Å². The minimum Gasteiger partial charge on any atom is -0.455 e. The lowest BCUT2D eigenvalue weighted by Crippen LogP contribution is -2.32. The van der Waals surface area contributed by atoms with Crippen LogP contribution < -0.4 is 18.3 Å². The van der Waals surface area contributed by atoms with Gasteiger partial charge in [-0.25, -0.2) is 18.3 Å². The summed E-state index contributed by atoms with van der Waals surface area (Å²) in [6.45, 7) is 59.5. The SMILES string of the molecule is Cc1cc(-c2c(C)ccc3c2oc2c4c(ccc23)-c2ccccc2C4(CC(C)C)CC(C)C)[n+](C)cc1C(C)C.Cc1cc(-c2c(C)ccc3c2oc2c4c(ccc23)-c2ccccc2C42CCCC2)[n+](C)cc1C(C)C.Cc1cc(-c2c(C)ccc3c2oc2cc4c(cc23)C(C)(C)c2ccccc2-4)[n+](C)cc1C(C)C.Cc1cc(-c2c(C)ccc3c2oc2cc4c(cc23)C(CC(C)C)(CC(C)C)c2ccccc2-4)[n+](C)cc1C(C)C. The fourth-order valence-corrected chi connectivity index (χ4v) is 29.0. The van der Waals surface area contributed by atoms with Crippen LogP contribution in [0.3, 0.4) is 0 Å². The van der Waals surface area contributed by atoms with Gasteiger partial charge in [0.2, 0.25) is 22.8 Å². The van der Waals surface area contributed by atoms with Crippen molar-refractivity contribution in [3.05, 3.63) is 354 Å². The first kappa shape index (κ1) is 101. The Kier molecular flexibility index (Phi) is 25.5. The number of benzene rings is 12. The molecule has 150 heavy (non-hydrogen) atoms. The third-order valence-electron chi connectivity index (χ3n) is 35.3. The summed E-state index contributed by atoms with van der Waals surface area (Å²) >= 11 is 0. The van der Waals surface area contributed by atoms with Crippen LogP contribution in [0.25, 0.3) is 177 Å². The molecule has 8 nitrogen and oxygen atoms in total. The van der Waals surface area contributed by atoms with Gasteiger partial charge in [-0.15, -0.1) is 0 Å². The maximum atomic E-state index is 7.17. The lowest BCUT2D eigenvalue weighted by molar-refractivity contribution is -0.661. The largest absolute Gasteiger partial charge is 0.455 e. The molecule has 0 N–H and O–H groups in total.